The quantitative estimate of drug-likeness (QED) is 0.670. The highest BCUT2D eigenvalue weighted by Gasteiger charge is 2.17. The van der Waals surface area contributed by atoms with Gasteiger partial charge in [0.2, 0.25) is 5.91 Å². The van der Waals surface area contributed by atoms with Gasteiger partial charge in [0.15, 0.2) is 0 Å². The van der Waals surface area contributed by atoms with Gasteiger partial charge in [-0.15, -0.1) is 0 Å². The summed E-state index contributed by atoms with van der Waals surface area (Å²) < 4.78 is 0. The molecule has 2 unspecified atom stereocenters. The van der Waals surface area contributed by atoms with Gasteiger partial charge in [0.25, 0.3) is 0 Å². The Bertz CT molecular complexity index is 184. The van der Waals surface area contributed by atoms with Crippen molar-refractivity contribution in [3.8, 4) is 0 Å². The lowest BCUT2D eigenvalue weighted by Crippen LogP contribution is -2.47. The molecule has 1 amide bonds. The smallest absolute Gasteiger partial charge is 0.236 e. The second-order valence-electron chi connectivity index (χ2n) is 4.53. The van der Waals surface area contributed by atoms with Crippen molar-refractivity contribution in [2.75, 3.05) is 27.7 Å². The van der Waals surface area contributed by atoms with Crippen molar-refractivity contribution < 1.29 is 4.79 Å². The third-order valence-electron chi connectivity index (χ3n) is 2.74. The number of carbonyl (C=O) groups is 1. The summed E-state index contributed by atoms with van der Waals surface area (Å²) in [6.07, 6.45) is 0. The Hall–Kier alpha value is -0.610. The molecule has 2 atom stereocenters. The van der Waals surface area contributed by atoms with Crippen LogP contribution in [-0.4, -0.2) is 50.6 Å². The fourth-order valence-electron chi connectivity index (χ4n) is 1.50. The molecule has 0 fully saturated rings. The summed E-state index contributed by atoms with van der Waals surface area (Å²) in [5.74, 6) is 0.593. The summed E-state index contributed by atoms with van der Waals surface area (Å²) >= 11 is 0. The zero-order chi connectivity index (χ0) is 12.0. The van der Waals surface area contributed by atoms with Crippen molar-refractivity contribution in [2.24, 2.45) is 5.92 Å². The first-order valence-electron chi connectivity index (χ1n) is 5.51. The molecule has 90 valence electrons. The molecule has 0 aromatic rings. The lowest BCUT2D eigenvalue weighted by molar-refractivity contribution is -0.122. The van der Waals surface area contributed by atoms with Crippen LogP contribution in [0.3, 0.4) is 0 Å². The standard InChI is InChI=1S/C11H25N3O/c1-8(2)10(14(5)6)7-13-11(15)9(3)12-4/h8-10,12H,7H2,1-6H3,(H,13,15). The molecule has 0 saturated heterocycles. The van der Waals surface area contributed by atoms with Gasteiger partial charge < -0.3 is 15.5 Å². The second-order valence-corrected chi connectivity index (χ2v) is 4.53. The zero-order valence-electron chi connectivity index (χ0n) is 10.8. The molecule has 0 aromatic carbocycles. The molecule has 15 heavy (non-hydrogen) atoms. The van der Waals surface area contributed by atoms with E-state index in [1.165, 1.54) is 0 Å². The van der Waals surface area contributed by atoms with Gasteiger partial charge >= 0.3 is 0 Å². The van der Waals surface area contributed by atoms with Crippen molar-refractivity contribution in [2.45, 2.75) is 32.9 Å². The number of carbonyl (C=O) groups excluding carboxylic acids is 1. The maximum Gasteiger partial charge on any atom is 0.236 e. The molecular formula is C11H25N3O. The Morgan fingerprint density at radius 2 is 1.80 bits per heavy atom. The highest BCUT2D eigenvalue weighted by Crippen LogP contribution is 2.05. The number of hydrogen-bond donors (Lipinski definition) is 2. The third kappa shape index (κ3) is 5.14. The van der Waals surface area contributed by atoms with Crippen LogP contribution in [0.2, 0.25) is 0 Å². The lowest BCUT2D eigenvalue weighted by Gasteiger charge is -2.28. The van der Waals surface area contributed by atoms with Gasteiger partial charge in [-0.3, -0.25) is 4.79 Å². The van der Waals surface area contributed by atoms with Crippen LogP contribution in [0.5, 0.6) is 0 Å². The van der Waals surface area contributed by atoms with Crippen LogP contribution in [0.4, 0.5) is 0 Å². The molecule has 0 heterocycles. The monoisotopic (exact) mass is 215 g/mol. The van der Waals surface area contributed by atoms with Crippen molar-refractivity contribution in [3.63, 3.8) is 0 Å². The van der Waals surface area contributed by atoms with Gasteiger partial charge in [-0.2, -0.15) is 0 Å². The zero-order valence-corrected chi connectivity index (χ0v) is 10.8. The van der Waals surface area contributed by atoms with Crippen LogP contribution < -0.4 is 10.6 Å². The van der Waals surface area contributed by atoms with E-state index in [1.807, 2.05) is 21.0 Å². The normalized spacial score (nSPS) is 15.5. The van der Waals surface area contributed by atoms with Gasteiger partial charge in [0, 0.05) is 12.6 Å². The van der Waals surface area contributed by atoms with Gasteiger partial charge in [0.05, 0.1) is 6.04 Å². The summed E-state index contributed by atoms with van der Waals surface area (Å²) in [6, 6.07) is 0.262. The number of hydrogen-bond acceptors (Lipinski definition) is 3. The Morgan fingerprint density at radius 1 is 1.27 bits per heavy atom. The SMILES string of the molecule is CNC(C)C(=O)NCC(C(C)C)N(C)C. The number of rotatable bonds is 6. The lowest BCUT2D eigenvalue weighted by atomic mass is 10.0. The third-order valence-corrected chi connectivity index (χ3v) is 2.74. The molecule has 0 aliphatic carbocycles. The van der Waals surface area contributed by atoms with Crippen molar-refractivity contribution in [1.82, 2.24) is 15.5 Å². The van der Waals surface area contributed by atoms with E-state index in [2.05, 4.69) is 29.4 Å². The molecular weight excluding hydrogens is 190 g/mol. The largest absolute Gasteiger partial charge is 0.353 e. The number of likely N-dealkylation sites (N-methyl/N-ethyl adjacent to an activating group) is 2. The van der Waals surface area contributed by atoms with E-state index in [4.69, 9.17) is 0 Å². The molecule has 4 nitrogen and oxygen atoms in total. The summed E-state index contributed by atoms with van der Waals surface area (Å²) in [7, 11) is 5.87. The predicted octanol–water partition coefficient (Wildman–Crippen LogP) is 0.297. The number of amides is 1. The fourth-order valence-corrected chi connectivity index (χ4v) is 1.50. The average molecular weight is 215 g/mol. The van der Waals surface area contributed by atoms with E-state index in [0.717, 1.165) is 0 Å². The van der Waals surface area contributed by atoms with E-state index in [1.54, 1.807) is 7.05 Å². The molecule has 0 saturated carbocycles. The van der Waals surface area contributed by atoms with Gasteiger partial charge in [-0.05, 0) is 34.0 Å². The predicted molar refractivity (Wildman–Crippen MR) is 63.8 cm³/mol. The van der Waals surface area contributed by atoms with Crippen molar-refractivity contribution in [1.29, 1.82) is 0 Å². The molecule has 0 rings (SSSR count). The van der Waals surface area contributed by atoms with Crippen LogP contribution >= 0.6 is 0 Å². The highest BCUT2D eigenvalue weighted by atomic mass is 16.2. The minimum Gasteiger partial charge on any atom is -0.353 e. The topological polar surface area (TPSA) is 44.4 Å². The first-order valence-corrected chi connectivity index (χ1v) is 5.51. The second kappa shape index (κ2) is 6.80. The van der Waals surface area contributed by atoms with Crippen LogP contribution in [0.1, 0.15) is 20.8 Å². The summed E-state index contributed by atoms with van der Waals surface area (Å²) in [4.78, 5) is 13.7. The van der Waals surface area contributed by atoms with Crippen LogP contribution in [0, 0.1) is 5.92 Å². The van der Waals surface area contributed by atoms with Crippen LogP contribution in [0.25, 0.3) is 0 Å². The van der Waals surface area contributed by atoms with Crippen molar-refractivity contribution in [3.05, 3.63) is 0 Å². The van der Waals surface area contributed by atoms with E-state index < -0.39 is 0 Å². The molecule has 0 aromatic heterocycles. The molecule has 0 aliphatic rings. The van der Waals surface area contributed by atoms with Gasteiger partial charge in [0.1, 0.15) is 0 Å². The fraction of sp³-hybridized carbons (Fsp3) is 0.909. The van der Waals surface area contributed by atoms with E-state index >= 15 is 0 Å². The van der Waals surface area contributed by atoms with Gasteiger partial charge in [-0.25, -0.2) is 0 Å². The molecule has 0 bridgehead atoms. The minimum atomic E-state index is -0.125. The summed E-state index contributed by atoms with van der Waals surface area (Å²) in [5, 5.41) is 5.87. The van der Waals surface area contributed by atoms with Crippen molar-refractivity contribution >= 4 is 5.91 Å². The Labute approximate surface area is 93.4 Å². The maximum atomic E-state index is 11.5. The summed E-state index contributed by atoms with van der Waals surface area (Å²) in [6.45, 7) is 6.89. The Morgan fingerprint density at radius 3 is 2.13 bits per heavy atom. The number of nitrogens with zero attached hydrogens (tertiary/aromatic N) is 1. The molecule has 0 radical (unpaired) electrons. The molecule has 0 aliphatic heterocycles. The van der Waals surface area contributed by atoms with E-state index in [-0.39, 0.29) is 11.9 Å². The highest BCUT2D eigenvalue weighted by molar-refractivity contribution is 5.81. The average Bonchev–Trinajstić information content (AvgIpc) is 2.15. The molecule has 0 spiro atoms. The minimum absolute atomic E-state index is 0.0602. The first-order chi connectivity index (χ1) is 6.90. The Kier molecular flexibility index (Phi) is 6.52. The maximum absolute atomic E-state index is 11.5. The van der Waals surface area contributed by atoms with E-state index in [0.29, 0.717) is 18.5 Å². The van der Waals surface area contributed by atoms with Crippen LogP contribution in [-0.2, 0) is 4.79 Å². The first kappa shape index (κ1) is 14.4. The molecule has 2 N–H and O–H groups in total. The Balaban J connectivity index is 4.05. The number of nitrogens with one attached hydrogen (secondary N) is 2. The van der Waals surface area contributed by atoms with Gasteiger partial charge in [-0.1, -0.05) is 13.8 Å². The summed E-state index contributed by atoms with van der Waals surface area (Å²) in [5.41, 5.74) is 0. The van der Waals surface area contributed by atoms with Crippen LogP contribution in [0.15, 0.2) is 0 Å². The molecule has 4 heteroatoms. The van der Waals surface area contributed by atoms with E-state index in [9.17, 15) is 4.79 Å².